The molecule has 0 unspecified atom stereocenters. The van der Waals surface area contributed by atoms with E-state index in [1.807, 2.05) is 30.3 Å². The third-order valence-corrected chi connectivity index (χ3v) is 3.52. The van der Waals surface area contributed by atoms with Gasteiger partial charge in [-0.15, -0.1) is 0 Å². The first kappa shape index (κ1) is 19.3. The predicted molar refractivity (Wildman–Crippen MR) is 93.8 cm³/mol. The Labute approximate surface area is 151 Å². The number of hydrogen-bond acceptors (Lipinski definition) is 5. The molecule has 0 aliphatic carbocycles. The van der Waals surface area contributed by atoms with Crippen LogP contribution in [0.5, 0.6) is 5.75 Å². The summed E-state index contributed by atoms with van der Waals surface area (Å²) in [4.78, 5) is 23.1. The highest BCUT2D eigenvalue weighted by atomic mass is 16.5. The van der Waals surface area contributed by atoms with Crippen LogP contribution in [0, 0.1) is 0 Å². The first-order chi connectivity index (χ1) is 12.6. The number of carbonyl (C=O) groups is 2. The van der Waals surface area contributed by atoms with E-state index in [0.29, 0.717) is 5.75 Å². The van der Waals surface area contributed by atoms with Crippen molar-refractivity contribution in [3.8, 4) is 5.75 Å². The SMILES string of the molecule is COc1ccc(COC(=O)N[C@@H](COCc2ccccc2)C(=O)O)cc1. The molecule has 0 aromatic heterocycles. The molecule has 0 bridgehead atoms. The van der Waals surface area contributed by atoms with E-state index < -0.39 is 18.1 Å². The molecule has 2 aromatic carbocycles. The number of rotatable bonds is 9. The molecule has 2 N–H and O–H groups in total. The van der Waals surface area contributed by atoms with Gasteiger partial charge >= 0.3 is 12.1 Å². The molecule has 26 heavy (non-hydrogen) atoms. The second kappa shape index (κ2) is 10.0. The maximum atomic E-state index is 11.8. The number of carboxylic acids is 1. The lowest BCUT2D eigenvalue weighted by Gasteiger charge is -2.15. The lowest BCUT2D eigenvalue weighted by atomic mass is 10.2. The van der Waals surface area contributed by atoms with E-state index >= 15 is 0 Å². The van der Waals surface area contributed by atoms with Crippen molar-refractivity contribution in [3.05, 3.63) is 65.7 Å². The zero-order valence-electron chi connectivity index (χ0n) is 14.4. The topological polar surface area (TPSA) is 94.1 Å². The summed E-state index contributed by atoms with van der Waals surface area (Å²) in [7, 11) is 1.56. The average molecular weight is 359 g/mol. The third-order valence-electron chi connectivity index (χ3n) is 3.52. The molecular formula is C19H21NO6. The number of benzene rings is 2. The van der Waals surface area contributed by atoms with Gasteiger partial charge in [-0.1, -0.05) is 42.5 Å². The highest BCUT2D eigenvalue weighted by Crippen LogP contribution is 2.12. The Kier molecular flexibility index (Phi) is 7.45. The van der Waals surface area contributed by atoms with Gasteiger partial charge in [0.15, 0.2) is 6.04 Å². The van der Waals surface area contributed by atoms with Gasteiger partial charge < -0.3 is 24.6 Å². The van der Waals surface area contributed by atoms with Crippen molar-refractivity contribution in [2.75, 3.05) is 13.7 Å². The normalized spacial score (nSPS) is 11.4. The van der Waals surface area contributed by atoms with Crippen molar-refractivity contribution in [2.24, 2.45) is 0 Å². The molecule has 0 aliphatic rings. The molecule has 0 heterocycles. The number of hydrogen-bond donors (Lipinski definition) is 2. The molecule has 7 nitrogen and oxygen atoms in total. The number of carbonyl (C=O) groups excluding carboxylic acids is 1. The zero-order valence-corrected chi connectivity index (χ0v) is 14.4. The Bertz CT molecular complexity index is 702. The smallest absolute Gasteiger partial charge is 0.408 e. The average Bonchev–Trinajstić information content (AvgIpc) is 2.66. The zero-order chi connectivity index (χ0) is 18.8. The van der Waals surface area contributed by atoms with Crippen LogP contribution in [-0.4, -0.2) is 36.9 Å². The number of nitrogens with one attached hydrogen (secondary N) is 1. The van der Waals surface area contributed by atoms with E-state index in [4.69, 9.17) is 14.2 Å². The summed E-state index contributed by atoms with van der Waals surface area (Å²) in [5.74, 6) is -0.501. The minimum absolute atomic E-state index is 0.0209. The van der Waals surface area contributed by atoms with Crippen LogP contribution < -0.4 is 10.1 Å². The van der Waals surface area contributed by atoms with Crippen LogP contribution in [-0.2, 0) is 27.5 Å². The minimum Gasteiger partial charge on any atom is -0.497 e. The standard InChI is InChI=1S/C19H21NO6/c1-24-16-9-7-15(8-10-16)12-26-19(23)20-17(18(21)22)13-25-11-14-5-3-2-4-6-14/h2-10,17H,11-13H2,1H3,(H,20,23)(H,21,22)/t17-/m0/s1. The molecule has 0 saturated carbocycles. The molecule has 1 atom stereocenters. The van der Waals surface area contributed by atoms with Crippen LogP contribution in [0.1, 0.15) is 11.1 Å². The fourth-order valence-electron chi connectivity index (χ4n) is 2.10. The van der Waals surface area contributed by atoms with Crippen LogP contribution in [0.15, 0.2) is 54.6 Å². The lowest BCUT2D eigenvalue weighted by Crippen LogP contribution is -2.44. The van der Waals surface area contributed by atoms with Crippen LogP contribution in [0.4, 0.5) is 4.79 Å². The molecule has 2 rings (SSSR count). The molecule has 0 fully saturated rings. The number of amides is 1. The lowest BCUT2D eigenvalue weighted by molar-refractivity contribution is -0.141. The van der Waals surface area contributed by atoms with E-state index in [1.165, 1.54) is 0 Å². The van der Waals surface area contributed by atoms with Crippen LogP contribution in [0.2, 0.25) is 0 Å². The van der Waals surface area contributed by atoms with E-state index in [9.17, 15) is 14.7 Å². The number of alkyl carbamates (subject to hydrolysis) is 1. The molecule has 1 amide bonds. The monoisotopic (exact) mass is 359 g/mol. The molecule has 7 heteroatoms. The Balaban J connectivity index is 1.76. The number of methoxy groups -OCH3 is 1. The molecule has 0 saturated heterocycles. The fraction of sp³-hybridized carbons (Fsp3) is 0.263. The molecule has 138 valence electrons. The number of aliphatic carboxylic acids is 1. The second-order valence-electron chi connectivity index (χ2n) is 5.46. The van der Waals surface area contributed by atoms with E-state index in [-0.39, 0.29) is 19.8 Å². The Morgan fingerprint density at radius 2 is 1.65 bits per heavy atom. The van der Waals surface area contributed by atoms with Crippen molar-refractivity contribution in [3.63, 3.8) is 0 Å². The van der Waals surface area contributed by atoms with Crippen LogP contribution in [0.25, 0.3) is 0 Å². The maximum absolute atomic E-state index is 11.8. The maximum Gasteiger partial charge on any atom is 0.408 e. The van der Waals surface area contributed by atoms with Crippen molar-refractivity contribution in [1.29, 1.82) is 0 Å². The van der Waals surface area contributed by atoms with E-state index in [0.717, 1.165) is 11.1 Å². The van der Waals surface area contributed by atoms with Crippen LogP contribution in [0.3, 0.4) is 0 Å². The summed E-state index contributed by atoms with van der Waals surface area (Å²) < 4.78 is 15.4. The Hall–Kier alpha value is -3.06. The van der Waals surface area contributed by atoms with Gasteiger partial charge in [-0.2, -0.15) is 0 Å². The minimum atomic E-state index is -1.19. The summed E-state index contributed by atoms with van der Waals surface area (Å²) in [5.41, 5.74) is 1.67. The molecular weight excluding hydrogens is 338 g/mol. The molecule has 2 aromatic rings. The van der Waals surface area contributed by atoms with Gasteiger partial charge in [0.25, 0.3) is 0 Å². The molecule has 0 aliphatic heterocycles. The van der Waals surface area contributed by atoms with Crippen molar-refractivity contribution in [1.82, 2.24) is 5.32 Å². The summed E-state index contributed by atoms with van der Waals surface area (Å²) in [6, 6.07) is 15.1. The highest BCUT2D eigenvalue weighted by Gasteiger charge is 2.21. The van der Waals surface area contributed by atoms with Gasteiger partial charge in [0.05, 0.1) is 20.3 Å². The quantitative estimate of drug-likeness (QED) is 0.715. The van der Waals surface area contributed by atoms with Crippen molar-refractivity contribution < 1.29 is 28.9 Å². The number of ether oxygens (including phenoxy) is 3. The van der Waals surface area contributed by atoms with Gasteiger partial charge in [-0.25, -0.2) is 9.59 Å². The molecule has 0 radical (unpaired) electrons. The fourth-order valence-corrected chi connectivity index (χ4v) is 2.10. The van der Waals surface area contributed by atoms with Gasteiger partial charge in [0, 0.05) is 0 Å². The number of carboxylic acid groups (broad SMARTS) is 1. The van der Waals surface area contributed by atoms with Crippen molar-refractivity contribution in [2.45, 2.75) is 19.3 Å². The first-order valence-electron chi connectivity index (χ1n) is 7.99. The summed E-state index contributed by atoms with van der Waals surface area (Å²) >= 11 is 0. The summed E-state index contributed by atoms with van der Waals surface area (Å²) in [6.07, 6.45) is -0.823. The van der Waals surface area contributed by atoms with E-state index in [2.05, 4.69) is 5.32 Å². The highest BCUT2D eigenvalue weighted by molar-refractivity contribution is 5.80. The summed E-state index contributed by atoms with van der Waals surface area (Å²) in [5, 5.41) is 11.5. The molecule has 0 spiro atoms. The Morgan fingerprint density at radius 3 is 2.27 bits per heavy atom. The first-order valence-corrected chi connectivity index (χ1v) is 7.99. The Morgan fingerprint density at radius 1 is 1.00 bits per heavy atom. The van der Waals surface area contributed by atoms with Gasteiger partial charge in [-0.3, -0.25) is 0 Å². The predicted octanol–water partition coefficient (Wildman–Crippen LogP) is 2.59. The van der Waals surface area contributed by atoms with Gasteiger partial charge in [0.1, 0.15) is 12.4 Å². The largest absolute Gasteiger partial charge is 0.497 e. The summed E-state index contributed by atoms with van der Waals surface area (Å²) in [6.45, 7) is 0.113. The van der Waals surface area contributed by atoms with Crippen LogP contribution >= 0.6 is 0 Å². The van der Waals surface area contributed by atoms with Gasteiger partial charge in [0.2, 0.25) is 0 Å². The second-order valence-corrected chi connectivity index (χ2v) is 5.46. The van der Waals surface area contributed by atoms with Crippen molar-refractivity contribution >= 4 is 12.1 Å². The van der Waals surface area contributed by atoms with Gasteiger partial charge in [-0.05, 0) is 23.3 Å². The third kappa shape index (κ3) is 6.45. The van der Waals surface area contributed by atoms with E-state index in [1.54, 1.807) is 31.4 Å².